The van der Waals surface area contributed by atoms with Crippen molar-refractivity contribution in [1.82, 2.24) is 10.2 Å². The van der Waals surface area contributed by atoms with Crippen molar-refractivity contribution in [3.05, 3.63) is 23.1 Å². The first-order chi connectivity index (χ1) is 10.9. The largest absolute Gasteiger partial charge is 0.501 e. The molecule has 0 fully saturated rings. The van der Waals surface area contributed by atoms with E-state index < -0.39 is 29.2 Å². The number of hydrogen-bond donors (Lipinski definition) is 3. The molecule has 23 heavy (non-hydrogen) atoms. The molecule has 0 saturated heterocycles. The van der Waals surface area contributed by atoms with Crippen LogP contribution in [0.3, 0.4) is 0 Å². The fourth-order valence-corrected chi connectivity index (χ4v) is 1.42. The number of nitrogens with one attached hydrogen (secondary N) is 1. The van der Waals surface area contributed by atoms with Gasteiger partial charge in [0.25, 0.3) is 5.91 Å². The quantitative estimate of drug-likeness (QED) is 0.279. The van der Waals surface area contributed by atoms with Gasteiger partial charge in [-0.05, 0) is 13.8 Å². The SMILES string of the molecule is CCOC(=O)/C(O)=C(\C=N\c1[nH]ncc1C(N)=O)C(=O)OCC. The number of hydrogen-bond acceptors (Lipinski definition) is 8. The van der Waals surface area contributed by atoms with Gasteiger partial charge in [-0.1, -0.05) is 0 Å². The summed E-state index contributed by atoms with van der Waals surface area (Å²) in [5.41, 5.74) is 4.56. The highest BCUT2D eigenvalue weighted by atomic mass is 16.5. The zero-order valence-corrected chi connectivity index (χ0v) is 12.5. The molecule has 10 heteroatoms. The van der Waals surface area contributed by atoms with Crippen LogP contribution in [-0.2, 0) is 19.1 Å². The Morgan fingerprint density at radius 2 is 1.91 bits per heavy atom. The molecule has 0 aliphatic carbocycles. The third-order valence-corrected chi connectivity index (χ3v) is 2.43. The lowest BCUT2D eigenvalue weighted by Crippen LogP contribution is -2.17. The van der Waals surface area contributed by atoms with Gasteiger partial charge in [-0.2, -0.15) is 5.10 Å². The van der Waals surface area contributed by atoms with Gasteiger partial charge in [-0.3, -0.25) is 9.89 Å². The molecule has 0 aromatic carbocycles. The molecular formula is C13H16N4O6. The standard InChI is InChI=1S/C13H16N4O6/c1-3-22-12(20)7(9(18)13(21)23-4-2)5-15-11-8(10(14)19)6-16-17-11/h5-6,18H,3-4H2,1-2H3,(H2,14,19)(H,16,17)/b9-7-,15-5+. The van der Waals surface area contributed by atoms with Crippen molar-refractivity contribution in [2.24, 2.45) is 10.7 Å². The lowest BCUT2D eigenvalue weighted by Gasteiger charge is -2.05. The number of H-pyrrole nitrogens is 1. The molecular weight excluding hydrogens is 308 g/mol. The number of aliphatic hydroxyl groups is 1. The van der Waals surface area contributed by atoms with Crippen LogP contribution in [0, 0.1) is 0 Å². The number of aliphatic hydroxyl groups excluding tert-OH is 1. The number of esters is 2. The molecule has 4 N–H and O–H groups in total. The van der Waals surface area contributed by atoms with Crippen molar-refractivity contribution < 1.29 is 29.0 Å². The number of carbonyl (C=O) groups is 3. The highest BCUT2D eigenvalue weighted by Crippen LogP contribution is 2.15. The Labute approximate surface area is 131 Å². The maximum atomic E-state index is 11.8. The Balaban J connectivity index is 3.20. The van der Waals surface area contributed by atoms with E-state index in [1.807, 2.05) is 0 Å². The summed E-state index contributed by atoms with van der Waals surface area (Å²) < 4.78 is 9.33. The van der Waals surface area contributed by atoms with Crippen LogP contribution in [0.4, 0.5) is 5.82 Å². The molecule has 1 heterocycles. The molecule has 0 spiro atoms. The summed E-state index contributed by atoms with van der Waals surface area (Å²) >= 11 is 0. The number of amides is 1. The smallest absolute Gasteiger partial charge is 0.374 e. The van der Waals surface area contributed by atoms with E-state index in [1.165, 1.54) is 6.92 Å². The maximum Gasteiger partial charge on any atom is 0.374 e. The highest BCUT2D eigenvalue weighted by Gasteiger charge is 2.22. The maximum absolute atomic E-state index is 11.8. The first kappa shape index (κ1) is 17.9. The van der Waals surface area contributed by atoms with E-state index in [1.54, 1.807) is 6.92 Å². The lowest BCUT2D eigenvalue weighted by atomic mass is 10.2. The van der Waals surface area contributed by atoms with Crippen molar-refractivity contribution >= 4 is 29.9 Å². The van der Waals surface area contributed by atoms with Crippen LogP contribution >= 0.6 is 0 Å². The number of primary amides is 1. The highest BCUT2D eigenvalue weighted by molar-refractivity contribution is 6.15. The Kier molecular flexibility index (Phi) is 6.46. The monoisotopic (exact) mass is 324 g/mol. The van der Waals surface area contributed by atoms with Crippen LogP contribution < -0.4 is 5.73 Å². The Morgan fingerprint density at radius 1 is 1.30 bits per heavy atom. The van der Waals surface area contributed by atoms with Crippen LogP contribution in [0.5, 0.6) is 0 Å². The van der Waals surface area contributed by atoms with Gasteiger partial charge in [0.15, 0.2) is 5.82 Å². The molecule has 0 saturated carbocycles. The van der Waals surface area contributed by atoms with Gasteiger partial charge < -0.3 is 20.3 Å². The molecule has 0 radical (unpaired) electrons. The molecule has 1 amide bonds. The zero-order chi connectivity index (χ0) is 17.4. The zero-order valence-electron chi connectivity index (χ0n) is 12.5. The van der Waals surface area contributed by atoms with Gasteiger partial charge >= 0.3 is 11.9 Å². The van der Waals surface area contributed by atoms with Crippen LogP contribution in [0.1, 0.15) is 24.2 Å². The topological polar surface area (TPSA) is 157 Å². The number of aromatic amines is 1. The first-order valence-electron chi connectivity index (χ1n) is 6.57. The van der Waals surface area contributed by atoms with Crippen molar-refractivity contribution in [1.29, 1.82) is 0 Å². The summed E-state index contributed by atoms with van der Waals surface area (Å²) in [7, 11) is 0. The summed E-state index contributed by atoms with van der Waals surface area (Å²) in [6, 6.07) is 0. The van der Waals surface area contributed by atoms with Crippen LogP contribution in [0.25, 0.3) is 0 Å². The Bertz CT molecular complexity index is 661. The van der Waals surface area contributed by atoms with Gasteiger partial charge in [0.2, 0.25) is 5.76 Å². The molecule has 124 valence electrons. The number of aromatic nitrogens is 2. The van der Waals surface area contributed by atoms with E-state index in [4.69, 9.17) is 10.5 Å². The molecule has 0 aliphatic heterocycles. The normalized spacial score (nSPS) is 11.9. The van der Waals surface area contributed by atoms with Crippen LogP contribution in [-0.4, -0.2) is 52.6 Å². The Morgan fingerprint density at radius 3 is 2.48 bits per heavy atom. The predicted octanol–water partition coefficient (Wildman–Crippen LogP) is 0.149. The minimum atomic E-state index is -1.11. The van der Waals surface area contributed by atoms with Crippen LogP contribution in [0.15, 0.2) is 22.5 Å². The number of nitrogens with zero attached hydrogens (tertiary/aromatic N) is 2. The summed E-state index contributed by atoms with van der Waals surface area (Å²) in [6.45, 7) is 3.10. The summed E-state index contributed by atoms with van der Waals surface area (Å²) in [6.07, 6.45) is 2.00. The fourth-order valence-electron chi connectivity index (χ4n) is 1.42. The molecule has 0 atom stereocenters. The van der Waals surface area contributed by atoms with Gasteiger partial charge in [0.05, 0.1) is 19.4 Å². The van der Waals surface area contributed by atoms with E-state index in [2.05, 4.69) is 19.9 Å². The number of carbonyl (C=O) groups excluding carboxylic acids is 3. The number of aliphatic imine (C=N–C) groups is 1. The average Bonchev–Trinajstić information content (AvgIpc) is 2.96. The first-order valence-corrected chi connectivity index (χ1v) is 6.57. The van der Waals surface area contributed by atoms with E-state index in [9.17, 15) is 19.5 Å². The van der Waals surface area contributed by atoms with E-state index in [0.29, 0.717) is 0 Å². The minimum Gasteiger partial charge on any atom is -0.501 e. The van der Waals surface area contributed by atoms with Crippen molar-refractivity contribution in [2.45, 2.75) is 13.8 Å². The number of nitrogens with two attached hydrogens (primary N) is 1. The lowest BCUT2D eigenvalue weighted by molar-refractivity contribution is -0.143. The fraction of sp³-hybridized carbons (Fsp3) is 0.308. The second-order valence-corrected chi connectivity index (χ2v) is 3.96. The second-order valence-electron chi connectivity index (χ2n) is 3.96. The Hall–Kier alpha value is -3.17. The van der Waals surface area contributed by atoms with Gasteiger partial charge in [-0.15, -0.1) is 0 Å². The second kappa shape index (κ2) is 8.32. The molecule has 1 rings (SSSR count). The van der Waals surface area contributed by atoms with Crippen LogP contribution in [0.2, 0.25) is 0 Å². The van der Waals surface area contributed by atoms with E-state index in [-0.39, 0.29) is 24.6 Å². The summed E-state index contributed by atoms with van der Waals surface area (Å²) in [4.78, 5) is 38.3. The van der Waals surface area contributed by atoms with E-state index in [0.717, 1.165) is 12.4 Å². The van der Waals surface area contributed by atoms with Gasteiger partial charge in [0, 0.05) is 6.21 Å². The molecule has 0 bridgehead atoms. The third kappa shape index (κ3) is 4.66. The average molecular weight is 324 g/mol. The molecule has 10 nitrogen and oxygen atoms in total. The minimum absolute atomic E-state index is 0.00249. The van der Waals surface area contributed by atoms with E-state index >= 15 is 0 Å². The number of rotatable bonds is 7. The van der Waals surface area contributed by atoms with Crippen molar-refractivity contribution in [3.8, 4) is 0 Å². The van der Waals surface area contributed by atoms with Gasteiger partial charge in [0.1, 0.15) is 11.1 Å². The molecule has 1 aromatic rings. The van der Waals surface area contributed by atoms with Gasteiger partial charge in [-0.25, -0.2) is 14.6 Å². The van der Waals surface area contributed by atoms with Crippen molar-refractivity contribution in [2.75, 3.05) is 13.2 Å². The third-order valence-electron chi connectivity index (χ3n) is 2.43. The molecule has 1 aromatic heterocycles. The molecule has 0 unspecified atom stereocenters. The molecule has 0 aliphatic rings. The predicted molar refractivity (Wildman–Crippen MR) is 78.2 cm³/mol. The summed E-state index contributed by atoms with van der Waals surface area (Å²) in [5, 5.41) is 15.8. The number of ether oxygens (including phenoxy) is 2. The van der Waals surface area contributed by atoms with Crippen molar-refractivity contribution in [3.63, 3.8) is 0 Å². The summed E-state index contributed by atoms with van der Waals surface area (Å²) in [5.74, 6) is -3.89.